The minimum absolute atomic E-state index is 0.131. The van der Waals surface area contributed by atoms with Crippen molar-refractivity contribution in [1.82, 2.24) is 0 Å². The van der Waals surface area contributed by atoms with E-state index in [1.807, 2.05) is 0 Å². The van der Waals surface area contributed by atoms with Crippen molar-refractivity contribution in [2.24, 2.45) is 0 Å². The van der Waals surface area contributed by atoms with Gasteiger partial charge in [-0.2, -0.15) is 0 Å². The highest BCUT2D eigenvalue weighted by molar-refractivity contribution is 5.97. The lowest BCUT2D eigenvalue weighted by atomic mass is 10.1. The average molecular weight is 232 g/mol. The van der Waals surface area contributed by atoms with Crippen LogP contribution >= 0.6 is 0 Å². The number of alkyl halides is 2. The number of halogens is 3. The van der Waals surface area contributed by atoms with E-state index in [1.165, 1.54) is 6.92 Å². The number of ether oxygens (including phenoxy) is 1. The summed E-state index contributed by atoms with van der Waals surface area (Å²) in [6.07, 6.45) is -2.88. The number of rotatable bonds is 4. The van der Waals surface area contributed by atoms with Crippen LogP contribution in [-0.2, 0) is 0 Å². The highest BCUT2D eigenvalue weighted by Crippen LogP contribution is 2.33. The van der Waals surface area contributed by atoms with E-state index in [-0.39, 0.29) is 17.9 Å². The first kappa shape index (κ1) is 12.5. The molecule has 0 unspecified atom stereocenters. The summed E-state index contributed by atoms with van der Waals surface area (Å²) in [5, 5.41) is 0. The molecule has 0 aliphatic carbocycles. The lowest BCUT2D eigenvalue weighted by Crippen LogP contribution is -2.05. The van der Waals surface area contributed by atoms with E-state index in [9.17, 15) is 18.0 Å². The molecule has 1 rings (SSSR count). The van der Waals surface area contributed by atoms with Crippen LogP contribution in [-0.4, -0.2) is 12.4 Å². The molecule has 0 saturated heterocycles. The van der Waals surface area contributed by atoms with Gasteiger partial charge in [-0.05, 0) is 26.0 Å². The van der Waals surface area contributed by atoms with Gasteiger partial charge in [0.15, 0.2) is 5.78 Å². The zero-order chi connectivity index (χ0) is 12.3. The molecule has 0 bridgehead atoms. The minimum atomic E-state index is -2.88. The molecule has 0 fully saturated rings. The zero-order valence-corrected chi connectivity index (χ0v) is 8.89. The van der Waals surface area contributed by atoms with Crippen molar-refractivity contribution in [3.63, 3.8) is 0 Å². The summed E-state index contributed by atoms with van der Waals surface area (Å²) in [5.41, 5.74) is -0.746. The molecule has 0 heterocycles. The highest BCUT2D eigenvalue weighted by Gasteiger charge is 2.21. The second-order valence-corrected chi connectivity index (χ2v) is 3.16. The molecular weight excluding hydrogens is 221 g/mol. The van der Waals surface area contributed by atoms with E-state index >= 15 is 0 Å². The molecule has 0 aliphatic rings. The lowest BCUT2D eigenvalue weighted by Gasteiger charge is -2.13. The summed E-state index contributed by atoms with van der Waals surface area (Å²) in [4.78, 5) is 11.2. The molecule has 1 aromatic rings. The van der Waals surface area contributed by atoms with Gasteiger partial charge in [0.2, 0.25) is 0 Å². The second kappa shape index (κ2) is 5.01. The molecule has 0 radical (unpaired) electrons. The van der Waals surface area contributed by atoms with Gasteiger partial charge in [0.05, 0.1) is 17.7 Å². The molecule has 88 valence electrons. The van der Waals surface area contributed by atoms with Crippen molar-refractivity contribution in [2.75, 3.05) is 6.61 Å². The molecule has 16 heavy (non-hydrogen) atoms. The monoisotopic (exact) mass is 232 g/mol. The minimum Gasteiger partial charge on any atom is -0.493 e. The van der Waals surface area contributed by atoms with E-state index < -0.39 is 23.6 Å². The Hall–Kier alpha value is -1.52. The van der Waals surface area contributed by atoms with E-state index in [0.717, 1.165) is 6.07 Å². The Labute approximate surface area is 91.0 Å². The standard InChI is InChI=1S/C11H11F3O2/c1-3-16-10-8(6(2)15)4-7(12)5-9(10)11(13)14/h4-5,11H,3H2,1-2H3. The summed E-state index contributed by atoms with van der Waals surface area (Å²) in [7, 11) is 0. The third-order valence-corrected chi connectivity index (χ3v) is 1.99. The Morgan fingerprint density at radius 2 is 2.06 bits per heavy atom. The second-order valence-electron chi connectivity index (χ2n) is 3.16. The Morgan fingerprint density at radius 3 is 2.50 bits per heavy atom. The summed E-state index contributed by atoms with van der Waals surface area (Å²) in [6.45, 7) is 2.90. The third kappa shape index (κ3) is 2.53. The van der Waals surface area contributed by atoms with E-state index in [4.69, 9.17) is 4.74 Å². The predicted molar refractivity (Wildman–Crippen MR) is 52.5 cm³/mol. The first-order chi connectivity index (χ1) is 7.47. The van der Waals surface area contributed by atoms with Gasteiger partial charge in [-0.1, -0.05) is 0 Å². The fourth-order valence-electron chi connectivity index (χ4n) is 1.34. The number of hydrogen-bond donors (Lipinski definition) is 0. The predicted octanol–water partition coefficient (Wildman–Crippen LogP) is 3.36. The van der Waals surface area contributed by atoms with Gasteiger partial charge in [0.25, 0.3) is 6.43 Å². The summed E-state index contributed by atoms with van der Waals surface area (Å²) in [5.74, 6) is -1.61. The van der Waals surface area contributed by atoms with Crippen LogP contribution in [0, 0.1) is 5.82 Å². The maximum atomic E-state index is 13.0. The summed E-state index contributed by atoms with van der Waals surface area (Å²) >= 11 is 0. The molecule has 0 N–H and O–H groups in total. The van der Waals surface area contributed by atoms with Gasteiger partial charge in [-0.3, -0.25) is 4.79 Å². The molecule has 0 aliphatic heterocycles. The normalized spacial score (nSPS) is 10.6. The smallest absolute Gasteiger partial charge is 0.267 e. The molecular formula is C11H11F3O2. The van der Waals surface area contributed by atoms with Crippen molar-refractivity contribution in [3.05, 3.63) is 29.1 Å². The van der Waals surface area contributed by atoms with Crippen molar-refractivity contribution in [3.8, 4) is 5.75 Å². The van der Waals surface area contributed by atoms with Crippen LogP contribution in [0.5, 0.6) is 5.75 Å². The van der Waals surface area contributed by atoms with Crippen LogP contribution < -0.4 is 4.74 Å². The molecule has 0 atom stereocenters. The highest BCUT2D eigenvalue weighted by atomic mass is 19.3. The average Bonchev–Trinajstić information content (AvgIpc) is 2.19. The number of benzene rings is 1. The van der Waals surface area contributed by atoms with Crippen LogP contribution in [0.2, 0.25) is 0 Å². The van der Waals surface area contributed by atoms with Crippen LogP contribution in [0.4, 0.5) is 13.2 Å². The fraction of sp³-hybridized carbons (Fsp3) is 0.364. The van der Waals surface area contributed by atoms with Gasteiger partial charge in [-0.15, -0.1) is 0 Å². The van der Waals surface area contributed by atoms with Crippen LogP contribution in [0.25, 0.3) is 0 Å². The largest absolute Gasteiger partial charge is 0.493 e. The van der Waals surface area contributed by atoms with Crippen molar-refractivity contribution >= 4 is 5.78 Å². The van der Waals surface area contributed by atoms with Crippen LogP contribution in [0.15, 0.2) is 12.1 Å². The van der Waals surface area contributed by atoms with Crippen molar-refractivity contribution in [2.45, 2.75) is 20.3 Å². The Balaban J connectivity index is 3.41. The first-order valence-electron chi connectivity index (χ1n) is 4.72. The Bertz CT molecular complexity index is 402. The molecule has 0 aromatic heterocycles. The van der Waals surface area contributed by atoms with E-state index in [2.05, 4.69) is 0 Å². The molecule has 2 nitrogen and oxygen atoms in total. The molecule has 1 aromatic carbocycles. The SMILES string of the molecule is CCOc1c(C(C)=O)cc(F)cc1C(F)F. The maximum Gasteiger partial charge on any atom is 0.267 e. The quantitative estimate of drug-likeness (QED) is 0.744. The van der Waals surface area contributed by atoms with E-state index in [1.54, 1.807) is 6.92 Å². The van der Waals surface area contributed by atoms with Crippen LogP contribution in [0.3, 0.4) is 0 Å². The zero-order valence-electron chi connectivity index (χ0n) is 8.89. The summed E-state index contributed by atoms with van der Waals surface area (Å²) in [6, 6.07) is 1.58. The van der Waals surface area contributed by atoms with Gasteiger partial charge >= 0.3 is 0 Å². The van der Waals surface area contributed by atoms with E-state index in [0.29, 0.717) is 6.07 Å². The maximum absolute atomic E-state index is 13.0. The van der Waals surface area contributed by atoms with Gasteiger partial charge in [-0.25, -0.2) is 13.2 Å². The summed E-state index contributed by atoms with van der Waals surface area (Å²) < 4.78 is 43.2. The number of carbonyl (C=O) groups is 1. The Morgan fingerprint density at radius 1 is 1.44 bits per heavy atom. The number of ketones is 1. The first-order valence-corrected chi connectivity index (χ1v) is 4.72. The number of carbonyl (C=O) groups excluding carboxylic acids is 1. The molecule has 0 saturated carbocycles. The number of Topliss-reactive ketones (excluding diaryl/α,β-unsaturated/α-hetero) is 1. The van der Waals surface area contributed by atoms with Gasteiger partial charge in [0.1, 0.15) is 11.6 Å². The third-order valence-electron chi connectivity index (χ3n) is 1.99. The number of hydrogen-bond acceptors (Lipinski definition) is 2. The topological polar surface area (TPSA) is 26.3 Å². The van der Waals surface area contributed by atoms with Gasteiger partial charge in [0, 0.05) is 0 Å². The van der Waals surface area contributed by atoms with Crippen LogP contribution in [0.1, 0.15) is 36.2 Å². The fourth-order valence-corrected chi connectivity index (χ4v) is 1.34. The van der Waals surface area contributed by atoms with Crippen molar-refractivity contribution in [1.29, 1.82) is 0 Å². The molecule has 0 spiro atoms. The molecule has 0 amide bonds. The van der Waals surface area contributed by atoms with Crippen molar-refractivity contribution < 1.29 is 22.7 Å². The van der Waals surface area contributed by atoms with Gasteiger partial charge < -0.3 is 4.74 Å². The Kier molecular flexibility index (Phi) is 3.93. The molecule has 5 heteroatoms. The lowest BCUT2D eigenvalue weighted by molar-refractivity contribution is 0.101.